The topological polar surface area (TPSA) is 98.8 Å². The second-order valence-electron chi connectivity index (χ2n) is 9.76. The molecule has 2 aliphatic heterocycles. The summed E-state index contributed by atoms with van der Waals surface area (Å²) in [5, 5.41) is 6.35. The van der Waals surface area contributed by atoms with Crippen LogP contribution in [0.3, 0.4) is 0 Å². The number of rotatable bonds is 4. The van der Waals surface area contributed by atoms with Crippen LogP contribution in [-0.2, 0) is 21.2 Å². The number of sulfone groups is 1. The second kappa shape index (κ2) is 12.0. The van der Waals surface area contributed by atoms with Gasteiger partial charge in [0.1, 0.15) is 0 Å². The van der Waals surface area contributed by atoms with E-state index in [0.29, 0.717) is 43.1 Å². The van der Waals surface area contributed by atoms with E-state index in [9.17, 15) is 18.0 Å². The molecule has 0 spiro atoms. The van der Waals surface area contributed by atoms with Gasteiger partial charge in [-0.3, -0.25) is 14.5 Å². The number of benzene rings is 2. The van der Waals surface area contributed by atoms with Gasteiger partial charge < -0.3 is 15.5 Å². The van der Waals surface area contributed by atoms with E-state index in [4.69, 9.17) is 0 Å². The zero-order valence-electron chi connectivity index (χ0n) is 20.9. The van der Waals surface area contributed by atoms with E-state index in [1.165, 1.54) is 6.26 Å². The third-order valence-electron chi connectivity index (χ3n) is 6.98. The number of amides is 2. The molecular formula is C27H36N4O4S. The lowest BCUT2D eigenvalue weighted by Gasteiger charge is -2.31. The van der Waals surface area contributed by atoms with Gasteiger partial charge in [-0.2, -0.15) is 0 Å². The quantitative estimate of drug-likeness (QED) is 0.651. The summed E-state index contributed by atoms with van der Waals surface area (Å²) in [6, 6.07) is 16.1. The highest BCUT2D eigenvalue weighted by atomic mass is 32.2. The molecule has 2 saturated heterocycles. The summed E-state index contributed by atoms with van der Waals surface area (Å²) in [5.41, 5.74) is 1.71. The third-order valence-corrected chi connectivity index (χ3v) is 8.11. The molecule has 0 unspecified atom stereocenters. The summed E-state index contributed by atoms with van der Waals surface area (Å²) in [4.78, 5) is 30.7. The van der Waals surface area contributed by atoms with Gasteiger partial charge in [0.15, 0.2) is 9.84 Å². The van der Waals surface area contributed by atoms with Crippen LogP contribution >= 0.6 is 0 Å². The Hall–Kier alpha value is -2.75. The van der Waals surface area contributed by atoms with Crippen LogP contribution in [0.4, 0.5) is 0 Å². The molecule has 2 aromatic carbocycles. The standard InChI is InChI=1S/C27H36N4O4S/c1-36(34,35)24-12-10-21(11-13-24)20-30-15-6-5-14-28-26(32)25-18-23(19-29-25)31(17-7-16-30)27(33)22-8-3-2-4-9-22/h2-4,8-13,23,25,29H,5-7,14-20H2,1H3,(H,28,32)/t23-,25-/m0/s1. The fraction of sp³-hybridized carbons (Fsp3) is 0.481. The normalized spacial score (nSPS) is 22.6. The first-order chi connectivity index (χ1) is 17.3. The van der Waals surface area contributed by atoms with Gasteiger partial charge >= 0.3 is 0 Å². The maximum atomic E-state index is 13.4. The Bertz CT molecular complexity index is 1140. The molecule has 4 rings (SSSR count). The SMILES string of the molecule is CS(=O)(=O)c1ccc(CN2CCCCNC(=O)[C@@H]3C[C@@H](CN3)N(C(=O)c3ccccc3)CCC2)cc1. The van der Waals surface area contributed by atoms with Gasteiger partial charge in [-0.05, 0) is 62.1 Å². The van der Waals surface area contributed by atoms with E-state index in [1.807, 2.05) is 47.4 Å². The molecule has 2 atom stereocenters. The van der Waals surface area contributed by atoms with Crippen molar-refractivity contribution in [3.8, 4) is 0 Å². The van der Waals surface area contributed by atoms with Crippen molar-refractivity contribution in [1.29, 1.82) is 0 Å². The first kappa shape index (κ1) is 26.3. The Morgan fingerprint density at radius 3 is 2.42 bits per heavy atom. The predicted octanol–water partition coefficient (Wildman–Crippen LogP) is 2.07. The van der Waals surface area contributed by atoms with Crippen molar-refractivity contribution in [2.45, 2.75) is 49.2 Å². The molecule has 2 N–H and O–H groups in total. The lowest BCUT2D eigenvalue weighted by atomic mass is 10.1. The molecule has 0 saturated carbocycles. The second-order valence-corrected chi connectivity index (χ2v) is 11.8. The monoisotopic (exact) mass is 512 g/mol. The molecule has 2 bridgehead atoms. The lowest BCUT2D eigenvalue weighted by molar-refractivity contribution is -0.122. The van der Waals surface area contributed by atoms with E-state index in [-0.39, 0.29) is 23.9 Å². The highest BCUT2D eigenvalue weighted by Gasteiger charge is 2.35. The lowest BCUT2D eigenvalue weighted by Crippen LogP contribution is -2.43. The molecule has 8 nitrogen and oxygen atoms in total. The van der Waals surface area contributed by atoms with Crippen molar-refractivity contribution in [3.63, 3.8) is 0 Å². The van der Waals surface area contributed by atoms with Crippen LogP contribution in [0.2, 0.25) is 0 Å². The molecule has 2 aromatic rings. The minimum absolute atomic E-state index is 0.00142. The maximum absolute atomic E-state index is 13.4. The van der Waals surface area contributed by atoms with Crippen molar-refractivity contribution < 1.29 is 18.0 Å². The van der Waals surface area contributed by atoms with Crippen LogP contribution < -0.4 is 10.6 Å². The largest absolute Gasteiger partial charge is 0.355 e. The molecule has 0 aromatic heterocycles. The number of hydrogen-bond donors (Lipinski definition) is 2. The number of fused-ring (bicyclic) bond motifs is 2. The summed E-state index contributed by atoms with van der Waals surface area (Å²) in [6.45, 7) is 4.23. The molecular weight excluding hydrogens is 476 g/mol. The van der Waals surface area contributed by atoms with Crippen molar-refractivity contribution in [2.24, 2.45) is 0 Å². The average Bonchev–Trinajstić information content (AvgIpc) is 3.35. The van der Waals surface area contributed by atoms with Gasteiger partial charge in [0.05, 0.1) is 10.9 Å². The molecule has 2 fully saturated rings. The van der Waals surface area contributed by atoms with Crippen LogP contribution in [-0.4, -0.2) is 81.1 Å². The molecule has 9 heteroatoms. The van der Waals surface area contributed by atoms with Crippen LogP contribution in [0, 0.1) is 0 Å². The van der Waals surface area contributed by atoms with E-state index < -0.39 is 9.84 Å². The van der Waals surface area contributed by atoms with Crippen LogP contribution in [0.1, 0.15) is 41.6 Å². The summed E-state index contributed by atoms with van der Waals surface area (Å²) >= 11 is 0. The molecule has 0 aliphatic carbocycles. The number of nitrogens with one attached hydrogen (secondary N) is 2. The van der Waals surface area contributed by atoms with Crippen molar-refractivity contribution in [3.05, 3.63) is 65.7 Å². The van der Waals surface area contributed by atoms with Gasteiger partial charge in [0.2, 0.25) is 5.91 Å². The smallest absolute Gasteiger partial charge is 0.254 e. The Morgan fingerprint density at radius 2 is 1.69 bits per heavy atom. The third kappa shape index (κ3) is 6.93. The van der Waals surface area contributed by atoms with E-state index in [2.05, 4.69) is 15.5 Å². The zero-order chi connectivity index (χ0) is 25.5. The van der Waals surface area contributed by atoms with E-state index >= 15 is 0 Å². The van der Waals surface area contributed by atoms with Gasteiger partial charge in [0.25, 0.3) is 5.91 Å². The molecule has 2 heterocycles. The maximum Gasteiger partial charge on any atom is 0.254 e. The van der Waals surface area contributed by atoms with Crippen LogP contribution in [0.15, 0.2) is 59.5 Å². The van der Waals surface area contributed by atoms with Gasteiger partial charge in [-0.25, -0.2) is 8.42 Å². The minimum atomic E-state index is -3.22. The first-order valence-electron chi connectivity index (χ1n) is 12.7. The molecule has 36 heavy (non-hydrogen) atoms. The summed E-state index contributed by atoms with van der Waals surface area (Å²) < 4.78 is 23.6. The van der Waals surface area contributed by atoms with Crippen molar-refractivity contribution >= 4 is 21.7 Å². The van der Waals surface area contributed by atoms with Gasteiger partial charge in [-0.1, -0.05) is 30.3 Å². The van der Waals surface area contributed by atoms with Crippen LogP contribution in [0.5, 0.6) is 0 Å². The van der Waals surface area contributed by atoms with Gasteiger partial charge in [0, 0.05) is 50.6 Å². The fourth-order valence-electron chi connectivity index (χ4n) is 4.98. The molecule has 2 amide bonds. The summed E-state index contributed by atoms with van der Waals surface area (Å²) in [6.07, 6.45) is 4.47. The summed E-state index contributed by atoms with van der Waals surface area (Å²) in [7, 11) is -3.22. The average molecular weight is 513 g/mol. The van der Waals surface area contributed by atoms with Crippen molar-refractivity contribution in [2.75, 3.05) is 39.0 Å². The molecule has 0 radical (unpaired) electrons. The first-order valence-corrected chi connectivity index (χ1v) is 14.6. The molecule has 194 valence electrons. The Labute approximate surface area is 214 Å². The number of carbonyl (C=O) groups excluding carboxylic acids is 2. The minimum Gasteiger partial charge on any atom is -0.355 e. The number of hydrogen-bond acceptors (Lipinski definition) is 6. The number of carbonyl (C=O) groups is 2. The zero-order valence-corrected chi connectivity index (χ0v) is 21.7. The van der Waals surface area contributed by atoms with E-state index in [1.54, 1.807) is 12.1 Å². The Balaban J connectivity index is 1.48. The highest BCUT2D eigenvalue weighted by Crippen LogP contribution is 2.19. The predicted molar refractivity (Wildman–Crippen MR) is 139 cm³/mol. The van der Waals surface area contributed by atoms with Crippen LogP contribution in [0.25, 0.3) is 0 Å². The van der Waals surface area contributed by atoms with Crippen molar-refractivity contribution in [1.82, 2.24) is 20.4 Å². The molecule has 2 aliphatic rings. The fourth-order valence-corrected chi connectivity index (χ4v) is 5.61. The van der Waals surface area contributed by atoms with E-state index in [0.717, 1.165) is 37.9 Å². The Kier molecular flexibility index (Phi) is 8.77. The van der Waals surface area contributed by atoms with Gasteiger partial charge in [-0.15, -0.1) is 0 Å². The highest BCUT2D eigenvalue weighted by molar-refractivity contribution is 7.90. The summed E-state index contributed by atoms with van der Waals surface area (Å²) in [5.74, 6) is 0.00274. The number of nitrogens with zero attached hydrogens (tertiary/aromatic N) is 2. The Morgan fingerprint density at radius 1 is 0.972 bits per heavy atom.